The van der Waals surface area contributed by atoms with Gasteiger partial charge in [0.2, 0.25) is 0 Å². The molecule has 0 aliphatic rings. The van der Waals surface area contributed by atoms with Crippen molar-refractivity contribution in [2.24, 2.45) is 5.10 Å². The highest BCUT2D eigenvalue weighted by atomic mass is 19.1. The van der Waals surface area contributed by atoms with E-state index in [-0.39, 0.29) is 17.9 Å². The Kier molecular flexibility index (Phi) is 6.83. The lowest BCUT2D eigenvalue weighted by Gasteiger charge is -2.05. The number of carbonyl (C=O) groups excluding carboxylic acids is 2. The molecule has 0 radical (unpaired) electrons. The van der Waals surface area contributed by atoms with Crippen LogP contribution in [0.15, 0.2) is 77.9 Å². The van der Waals surface area contributed by atoms with Crippen molar-refractivity contribution >= 4 is 18.1 Å². The van der Waals surface area contributed by atoms with Gasteiger partial charge in [-0.1, -0.05) is 12.1 Å². The van der Waals surface area contributed by atoms with E-state index < -0.39 is 23.5 Å². The lowest BCUT2D eigenvalue weighted by atomic mass is 10.2. The summed E-state index contributed by atoms with van der Waals surface area (Å²) in [5.74, 6) is -1.77. The Morgan fingerprint density at radius 2 is 1.57 bits per heavy atom. The number of nitrogens with zero attached hydrogens (tertiary/aromatic N) is 1. The highest BCUT2D eigenvalue weighted by molar-refractivity contribution is 5.91. The Bertz CT molecular complexity index is 1050. The molecule has 0 atom stereocenters. The summed E-state index contributed by atoms with van der Waals surface area (Å²) in [6, 6.07) is 17.0. The fourth-order valence-electron chi connectivity index (χ4n) is 2.30. The summed E-state index contributed by atoms with van der Waals surface area (Å²) in [7, 11) is 0. The number of carbonyl (C=O) groups is 2. The van der Waals surface area contributed by atoms with Gasteiger partial charge in [0.25, 0.3) is 5.91 Å². The second-order valence-electron chi connectivity index (χ2n) is 5.97. The normalized spacial score (nSPS) is 10.6. The molecule has 0 spiro atoms. The molecule has 1 N–H and O–H groups in total. The van der Waals surface area contributed by atoms with Crippen LogP contribution in [-0.2, 0) is 4.79 Å². The second kappa shape index (κ2) is 9.92. The van der Waals surface area contributed by atoms with Gasteiger partial charge in [-0.25, -0.2) is 19.0 Å². The van der Waals surface area contributed by atoms with E-state index in [1.165, 1.54) is 66.9 Å². The lowest BCUT2D eigenvalue weighted by molar-refractivity contribution is -0.123. The average molecular weight is 410 g/mol. The van der Waals surface area contributed by atoms with E-state index in [0.717, 1.165) is 0 Å². The molecular formula is C22H16F2N2O4. The molecule has 0 heterocycles. The number of hydrazone groups is 1. The van der Waals surface area contributed by atoms with E-state index >= 15 is 0 Å². The first kappa shape index (κ1) is 20.7. The summed E-state index contributed by atoms with van der Waals surface area (Å²) >= 11 is 0. The third-order valence-corrected chi connectivity index (χ3v) is 3.77. The Labute approximate surface area is 170 Å². The molecule has 152 valence electrons. The van der Waals surface area contributed by atoms with Crippen LogP contribution in [0.4, 0.5) is 8.78 Å². The van der Waals surface area contributed by atoms with Crippen molar-refractivity contribution in [2.75, 3.05) is 6.61 Å². The van der Waals surface area contributed by atoms with Crippen molar-refractivity contribution in [3.8, 4) is 11.5 Å². The number of hydrogen-bond acceptors (Lipinski definition) is 5. The average Bonchev–Trinajstić information content (AvgIpc) is 2.75. The van der Waals surface area contributed by atoms with Crippen molar-refractivity contribution in [1.82, 2.24) is 5.43 Å². The maximum Gasteiger partial charge on any atom is 0.346 e. The van der Waals surface area contributed by atoms with Crippen molar-refractivity contribution < 1.29 is 27.8 Å². The minimum atomic E-state index is -0.803. The number of rotatable bonds is 7. The van der Waals surface area contributed by atoms with Crippen LogP contribution in [0.2, 0.25) is 0 Å². The zero-order valence-electron chi connectivity index (χ0n) is 15.5. The minimum absolute atomic E-state index is 0.159. The highest BCUT2D eigenvalue weighted by Gasteiger charge is 2.13. The van der Waals surface area contributed by atoms with Crippen LogP contribution < -0.4 is 14.9 Å². The Morgan fingerprint density at radius 1 is 0.900 bits per heavy atom. The van der Waals surface area contributed by atoms with Crippen LogP contribution in [-0.4, -0.2) is 24.7 Å². The lowest BCUT2D eigenvalue weighted by Crippen LogP contribution is -2.24. The van der Waals surface area contributed by atoms with E-state index in [0.29, 0.717) is 11.3 Å². The molecule has 0 aliphatic carbocycles. The Hall–Kier alpha value is -4.07. The molecule has 3 rings (SSSR count). The maximum absolute atomic E-state index is 13.6. The van der Waals surface area contributed by atoms with Gasteiger partial charge in [-0.2, -0.15) is 5.10 Å². The van der Waals surface area contributed by atoms with E-state index in [1.807, 2.05) is 0 Å². The molecule has 3 aromatic rings. The van der Waals surface area contributed by atoms with Gasteiger partial charge < -0.3 is 9.47 Å². The summed E-state index contributed by atoms with van der Waals surface area (Å²) in [5, 5.41) is 3.80. The second-order valence-corrected chi connectivity index (χ2v) is 5.97. The molecule has 0 aromatic heterocycles. The van der Waals surface area contributed by atoms with Crippen LogP contribution in [0, 0.1) is 11.6 Å². The molecule has 0 saturated heterocycles. The largest absolute Gasteiger partial charge is 0.484 e. The quantitative estimate of drug-likeness (QED) is 0.279. The monoisotopic (exact) mass is 410 g/mol. The molecule has 0 aliphatic heterocycles. The molecule has 30 heavy (non-hydrogen) atoms. The van der Waals surface area contributed by atoms with E-state index in [1.54, 1.807) is 12.1 Å². The summed E-state index contributed by atoms with van der Waals surface area (Å²) in [6.45, 7) is -0.284. The van der Waals surface area contributed by atoms with Gasteiger partial charge >= 0.3 is 5.97 Å². The van der Waals surface area contributed by atoms with Gasteiger partial charge in [0.1, 0.15) is 23.1 Å². The molecule has 0 fully saturated rings. The fourth-order valence-corrected chi connectivity index (χ4v) is 2.30. The molecular weight excluding hydrogens is 394 g/mol. The zero-order valence-corrected chi connectivity index (χ0v) is 15.5. The summed E-state index contributed by atoms with van der Waals surface area (Å²) in [6.07, 6.45) is 1.39. The number of ether oxygens (including phenoxy) is 2. The topological polar surface area (TPSA) is 77.0 Å². The van der Waals surface area contributed by atoms with Crippen LogP contribution in [0.5, 0.6) is 11.5 Å². The molecule has 3 aromatic carbocycles. The van der Waals surface area contributed by atoms with Gasteiger partial charge in [-0.05, 0) is 66.2 Å². The van der Waals surface area contributed by atoms with Crippen molar-refractivity contribution in [3.63, 3.8) is 0 Å². The molecule has 1 amide bonds. The van der Waals surface area contributed by atoms with Crippen molar-refractivity contribution in [1.29, 1.82) is 0 Å². The number of esters is 1. The third kappa shape index (κ3) is 5.96. The Morgan fingerprint density at radius 3 is 2.27 bits per heavy atom. The van der Waals surface area contributed by atoms with E-state index in [9.17, 15) is 18.4 Å². The molecule has 0 saturated carbocycles. The predicted octanol–water partition coefficient (Wildman–Crippen LogP) is 3.71. The van der Waals surface area contributed by atoms with Gasteiger partial charge in [-0.3, -0.25) is 4.79 Å². The first-order valence-electron chi connectivity index (χ1n) is 8.78. The van der Waals surface area contributed by atoms with Crippen LogP contribution >= 0.6 is 0 Å². The smallest absolute Gasteiger partial charge is 0.346 e. The summed E-state index contributed by atoms with van der Waals surface area (Å²) < 4.78 is 36.7. The first-order valence-corrected chi connectivity index (χ1v) is 8.78. The van der Waals surface area contributed by atoms with Crippen LogP contribution in [0.25, 0.3) is 0 Å². The van der Waals surface area contributed by atoms with E-state index in [2.05, 4.69) is 10.5 Å². The number of hydrogen-bond donors (Lipinski definition) is 1. The minimum Gasteiger partial charge on any atom is -0.484 e. The van der Waals surface area contributed by atoms with Gasteiger partial charge in [0.15, 0.2) is 6.61 Å². The Balaban J connectivity index is 1.47. The molecule has 0 bridgehead atoms. The third-order valence-electron chi connectivity index (χ3n) is 3.77. The van der Waals surface area contributed by atoms with Crippen molar-refractivity contribution in [2.45, 2.75) is 0 Å². The molecule has 6 nitrogen and oxygen atoms in total. The SMILES string of the molecule is O=C(COc1ccc(F)cc1)N/N=C/c1ccc(OC(=O)c2ccccc2F)cc1. The summed E-state index contributed by atoms with van der Waals surface area (Å²) in [4.78, 5) is 23.7. The molecule has 8 heteroatoms. The molecule has 0 unspecified atom stereocenters. The maximum atomic E-state index is 13.6. The first-order chi connectivity index (χ1) is 14.5. The number of nitrogens with one attached hydrogen (secondary N) is 1. The van der Waals surface area contributed by atoms with Crippen LogP contribution in [0.3, 0.4) is 0 Å². The fraction of sp³-hybridized carbons (Fsp3) is 0.0455. The standard InChI is InChI=1S/C22H16F2N2O4/c23-16-7-11-17(12-8-16)29-14-21(27)26-25-13-15-5-9-18(10-6-15)30-22(28)19-3-1-2-4-20(19)24/h1-13H,14H2,(H,26,27)/b25-13+. The number of benzene rings is 3. The number of halogens is 2. The predicted molar refractivity (Wildman–Crippen MR) is 105 cm³/mol. The number of amides is 1. The van der Waals surface area contributed by atoms with E-state index in [4.69, 9.17) is 9.47 Å². The van der Waals surface area contributed by atoms with Gasteiger partial charge in [0.05, 0.1) is 11.8 Å². The van der Waals surface area contributed by atoms with Crippen LogP contribution in [0.1, 0.15) is 15.9 Å². The van der Waals surface area contributed by atoms with Crippen molar-refractivity contribution in [3.05, 3.63) is 95.6 Å². The zero-order chi connectivity index (χ0) is 21.3. The summed E-state index contributed by atoms with van der Waals surface area (Å²) in [5.41, 5.74) is 2.76. The highest BCUT2D eigenvalue weighted by Crippen LogP contribution is 2.15. The van der Waals surface area contributed by atoms with Gasteiger partial charge in [-0.15, -0.1) is 0 Å². The van der Waals surface area contributed by atoms with Gasteiger partial charge in [0, 0.05) is 0 Å².